The van der Waals surface area contributed by atoms with E-state index in [-0.39, 0.29) is 12.6 Å². The first-order chi connectivity index (χ1) is 22.2. The number of anilines is 2. The Bertz CT molecular complexity index is 1630. The minimum Gasteiger partial charge on any atom is -0.493 e. The molecule has 0 radical (unpaired) electrons. The molecule has 0 unspecified atom stereocenters. The number of carbonyl (C=O) groups excluding carboxylic acids is 1. The van der Waals surface area contributed by atoms with Crippen LogP contribution in [0.5, 0.6) is 5.75 Å². The summed E-state index contributed by atoms with van der Waals surface area (Å²) >= 11 is 6.15. The van der Waals surface area contributed by atoms with Crippen molar-refractivity contribution < 1.29 is 19.4 Å². The SMILES string of the molecule is CC(C)COc1ccc(CCc2nc(N3CCC[C@@H]3c3ccc(Cl)cc3)ncc2C(=O)N(CC(=O)O)Cc2ccc(N)cc2)cc1. The van der Waals surface area contributed by atoms with Gasteiger partial charge in [-0.15, -0.1) is 0 Å². The van der Waals surface area contributed by atoms with Crippen LogP contribution in [0.15, 0.2) is 79.0 Å². The molecule has 9 nitrogen and oxygen atoms in total. The number of benzene rings is 3. The molecule has 4 aromatic rings. The number of aromatic nitrogens is 2. The van der Waals surface area contributed by atoms with E-state index in [0.717, 1.165) is 41.8 Å². The number of nitrogens with two attached hydrogens (primary N) is 1. The van der Waals surface area contributed by atoms with E-state index in [0.29, 0.717) is 53.3 Å². The number of carbonyl (C=O) groups is 2. The zero-order valence-corrected chi connectivity index (χ0v) is 27.0. The number of nitrogens with zero attached hydrogens (tertiary/aromatic N) is 4. The smallest absolute Gasteiger partial charge is 0.323 e. The van der Waals surface area contributed by atoms with Gasteiger partial charge in [-0.3, -0.25) is 9.59 Å². The van der Waals surface area contributed by atoms with Crippen molar-refractivity contribution in [1.82, 2.24) is 14.9 Å². The largest absolute Gasteiger partial charge is 0.493 e. The highest BCUT2D eigenvalue weighted by molar-refractivity contribution is 6.30. The molecule has 46 heavy (non-hydrogen) atoms. The third-order valence-electron chi connectivity index (χ3n) is 7.97. The molecule has 0 spiro atoms. The Morgan fingerprint density at radius 1 is 1.02 bits per heavy atom. The standard InChI is InChI=1S/C36H40ClN5O4/c1-24(2)23-46-30-16-7-25(8-17-30)9-18-32-31(35(45)41(22-34(43)44)21-26-5-14-29(38)15-6-26)20-39-36(40-32)42-19-3-4-33(42)27-10-12-28(37)13-11-27/h5-8,10-17,20,24,33H,3-4,9,18-19,21-23,38H2,1-2H3,(H,43,44)/t33-/m1/s1. The normalized spacial score (nSPS) is 14.4. The molecule has 2 heterocycles. The summed E-state index contributed by atoms with van der Waals surface area (Å²) < 4.78 is 5.84. The molecule has 1 saturated heterocycles. The van der Waals surface area contributed by atoms with Crippen LogP contribution in [0.25, 0.3) is 0 Å². The van der Waals surface area contributed by atoms with Crippen molar-refractivity contribution >= 4 is 35.1 Å². The molecule has 1 aliphatic rings. The van der Waals surface area contributed by atoms with Crippen molar-refractivity contribution in [2.45, 2.75) is 52.1 Å². The summed E-state index contributed by atoms with van der Waals surface area (Å²) in [4.78, 5) is 39.0. The van der Waals surface area contributed by atoms with E-state index in [9.17, 15) is 14.7 Å². The van der Waals surface area contributed by atoms with Gasteiger partial charge in [-0.05, 0) is 84.7 Å². The second kappa shape index (κ2) is 15.1. The molecular weight excluding hydrogens is 602 g/mol. The van der Waals surface area contributed by atoms with E-state index in [1.165, 1.54) is 4.90 Å². The first-order valence-corrected chi connectivity index (χ1v) is 16.0. The second-order valence-electron chi connectivity index (χ2n) is 12.1. The van der Waals surface area contributed by atoms with Crippen molar-refractivity contribution in [3.63, 3.8) is 0 Å². The highest BCUT2D eigenvalue weighted by atomic mass is 35.5. The van der Waals surface area contributed by atoms with Crippen molar-refractivity contribution in [3.05, 3.63) is 112 Å². The van der Waals surface area contributed by atoms with E-state index >= 15 is 0 Å². The van der Waals surface area contributed by atoms with E-state index in [1.807, 2.05) is 48.5 Å². The molecule has 0 saturated carbocycles. The van der Waals surface area contributed by atoms with Gasteiger partial charge in [0.15, 0.2) is 0 Å². The molecule has 1 atom stereocenters. The van der Waals surface area contributed by atoms with E-state index in [2.05, 4.69) is 23.7 Å². The Kier molecular flexibility index (Phi) is 10.8. The topological polar surface area (TPSA) is 122 Å². The number of nitrogen functional groups attached to an aromatic ring is 1. The van der Waals surface area contributed by atoms with Crippen molar-refractivity contribution in [2.24, 2.45) is 5.92 Å². The summed E-state index contributed by atoms with van der Waals surface area (Å²) in [6.07, 6.45) is 4.56. The van der Waals surface area contributed by atoms with Crippen LogP contribution in [-0.4, -0.2) is 51.5 Å². The third kappa shape index (κ3) is 8.54. The van der Waals surface area contributed by atoms with Crippen LogP contribution in [0.1, 0.15) is 65.5 Å². The maximum atomic E-state index is 14.0. The number of aryl methyl sites for hydroxylation is 2. The molecule has 1 aliphatic heterocycles. The van der Waals surface area contributed by atoms with Crippen LogP contribution < -0.4 is 15.4 Å². The van der Waals surface area contributed by atoms with Crippen molar-refractivity contribution in [3.8, 4) is 5.75 Å². The van der Waals surface area contributed by atoms with Gasteiger partial charge in [-0.25, -0.2) is 9.97 Å². The number of hydrogen-bond acceptors (Lipinski definition) is 7. The van der Waals surface area contributed by atoms with Gasteiger partial charge in [-0.1, -0.05) is 61.8 Å². The highest BCUT2D eigenvalue weighted by Gasteiger charge is 2.30. The van der Waals surface area contributed by atoms with Gasteiger partial charge in [0.05, 0.1) is 23.9 Å². The average Bonchev–Trinajstić information content (AvgIpc) is 3.54. The summed E-state index contributed by atoms with van der Waals surface area (Å²) in [5, 5.41) is 10.4. The fraction of sp³-hybridized carbons (Fsp3) is 0.333. The zero-order valence-electron chi connectivity index (χ0n) is 26.2. The lowest BCUT2D eigenvalue weighted by Crippen LogP contribution is -2.36. The number of carboxylic acid groups (broad SMARTS) is 1. The maximum absolute atomic E-state index is 14.0. The Labute approximate surface area is 275 Å². The Morgan fingerprint density at radius 2 is 1.72 bits per heavy atom. The quantitative estimate of drug-likeness (QED) is 0.157. The molecule has 3 aromatic carbocycles. The van der Waals surface area contributed by atoms with Crippen molar-refractivity contribution in [2.75, 3.05) is 30.3 Å². The van der Waals surface area contributed by atoms with Crippen LogP contribution in [0.4, 0.5) is 11.6 Å². The fourth-order valence-electron chi connectivity index (χ4n) is 5.61. The van der Waals surface area contributed by atoms with E-state index in [4.69, 9.17) is 27.1 Å². The number of carboxylic acids is 1. The summed E-state index contributed by atoms with van der Waals surface area (Å²) in [7, 11) is 0. The molecule has 0 aliphatic carbocycles. The van der Waals surface area contributed by atoms with Crippen LogP contribution in [0.2, 0.25) is 5.02 Å². The second-order valence-corrected chi connectivity index (χ2v) is 12.5. The lowest BCUT2D eigenvalue weighted by Gasteiger charge is -2.27. The van der Waals surface area contributed by atoms with Crippen LogP contribution in [-0.2, 0) is 24.2 Å². The lowest BCUT2D eigenvalue weighted by atomic mass is 10.0. The van der Waals surface area contributed by atoms with Gasteiger partial charge in [0.2, 0.25) is 5.95 Å². The summed E-state index contributed by atoms with van der Waals surface area (Å²) in [5.74, 6) is 0.245. The van der Waals surface area contributed by atoms with Gasteiger partial charge < -0.3 is 25.4 Å². The van der Waals surface area contributed by atoms with E-state index in [1.54, 1.807) is 30.5 Å². The molecule has 240 valence electrons. The number of ether oxygens (including phenoxy) is 1. The summed E-state index contributed by atoms with van der Waals surface area (Å²) in [6.45, 7) is 5.28. The predicted molar refractivity (Wildman–Crippen MR) is 180 cm³/mol. The number of rotatable bonds is 13. The first kappa shape index (κ1) is 32.8. The van der Waals surface area contributed by atoms with Gasteiger partial charge in [0, 0.05) is 30.0 Å². The number of halogens is 1. The third-order valence-corrected chi connectivity index (χ3v) is 8.23. The fourth-order valence-corrected chi connectivity index (χ4v) is 5.73. The van der Waals surface area contributed by atoms with Gasteiger partial charge in [0.25, 0.3) is 5.91 Å². The van der Waals surface area contributed by atoms with Crippen LogP contribution >= 0.6 is 11.6 Å². The highest BCUT2D eigenvalue weighted by Crippen LogP contribution is 2.35. The minimum atomic E-state index is -1.11. The number of hydrogen-bond donors (Lipinski definition) is 2. The van der Waals surface area contributed by atoms with Crippen LogP contribution in [0.3, 0.4) is 0 Å². The molecule has 5 rings (SSSR count). The summed E-state index contributed by atoms with van der Waals surface area (Å²) in [6, 6.07) is 22.9. The number of aliphatic carboxylic acids is 1. The van der Waals surface area contributed by atoms with Crippen molar-refractivity contribution in [1.29, 1.82) is 0 Å². The molecule has 1 aromatic heterocycles. The monoisotopic (exact) mass is 641 g/mol. The molecule has 1 amide bonds. The van der Waals surface area contributed by atoms with Gasteiger partial charge in [-0.2, -0.15) is 0 Å². The average molecular weight is 642 g/mol. The van der Waals surface area contributed by atoms with Crippen LogP contribution in [0, 0.1) is 5.92 Å². The maximum Gasteiger partial charge on any atom is 0.323 e. The predicted octanol–water partition coefficient (Wildman–Crippen LogP) is 6.60. The lowest BCUT2D eigenvalue weighted by molar-refractivity contribution is -0.137. The molecule has 0 bridgehead atoms. The Balaban J connectivity index is 1.44. The molecule has 1 fully saturated rings. The molecular formula is C36H40ClN5O4. The van der Waals surface area contributed by atoms with Gasteiger partial charge in [0.1, 0.15) is 12.3 Å². The van der Waals surface area contributed by atoms with Gasteiger partial charge >= 0.3 is 5.97 Å². The number of amides is 1. The zero-order chi connectivity index (χ0) is 32.6. The Morgan fingerprint density at radius 3 is 2.39 bits per heavy atom. The van der Waals surface area contributed by atoms with E-state index < -0.39 is 18.4 Å². The minimum absolute atomic E-state index is 0.0825. The Hall–Kier alpha value is -4.63. The molecule has 3 N–H and O–H groups in total. The first-order valence-electron chi connectivity index (χ1n) is 15.6. The summed E-state index contributed by atoms with van der Waals surface area (Å²) in [5.41, 5.74) is 10.3. The molecule has 10 heteroatoms.